The molecule has 0 amide bonds. The number of hydrogen-bond acceptors (Lipinski definition) is 3. The molecule has 0 aliphatic carbocycles. The fourth-order valence-electron chi connectivity index (χ4n) is 1.70. The Morgan fingerprint density at radius 2 is 2.11 bits per heavy atom. The highest BCUT2D eigenvalue weighted by Gasteiger charge is 2.24. The van der Waals surface area contributed by atoms with Crippen molar-refractivity contribution < 1.29 is 15.0 Å². The number of aliphatic hydroxyl groups excluding tert-OH is 1. The maximum atomic E-state index is 10.8. The fraction of sp³-hybridized carbons (Fsp3) is 0.417. The second kappa shape index (κ2) is 6.95. The zero-order chi connectivity index (χ0) is 13.7. The first-order valence-electron chi connectivity index (χ1n) is 5.54. The molecule has 3 N–H and O–H groups in total. The van der Waals surface area contributed by atoms with E-state index in [-0.39, 0.29) is 6.42 Å². The minimum absolute atomic E-state index is 0.187. The Balaban J connectivity index is 2.93. The van der Waals surface area contributed by atoms with E-state index in [1.807, 2.05) is 6.92 Å². The van der Waals surface area contributed by atoms with Crippen molar-refractivity contribution in [2.24, 2.45) is 0 Å². The molecule has 0 bridgehead atoms. The normalized spacial score (nSPS) is 14.2. The van der Waals surface area contributed by atoms with E-state index in [1.165, 1.54) is 6.07 Å². The predicted molar refractivity (Wildman–Crippen MR) is 71.1 cm³/mol. The minimum Gasteiger partial charge on any atom is -0.481 e. The Morgan fingerprint density at radius 1 is 1.44 bits per heavy atom. The van der Waals surface area contributed by atoms with Crippen molar-refractivity contribution in [3.63, 3.8) is 0 Å². The molecule has 0 aliphatic rings. The van der Waals surface area contributed by atoms with E-state index in [2.05, 4.69) is 5.32 Å². The van der Waals surface area contributed by atoms with Gasteiger partial charge in [-0.25, -0.2) is 0 Å². The summed E-state index contributed by atoms with van der Waals surface area (Å²) >= 11 is 11.8. The number of rotatable bonds is 6. The van der Waals surface area contributed by atoms with Crippen molar-refractivity contribution in [2.75, 3.05) is 6.54 Å². The number of carboxylic acid groups (broad SMARTS) is 1. The molecule has 0 aromatic heterocycles. The molecule has 0 aliphatic heterocycles. The highest BCUT2D eigenvalue weighted by atomic mass is 35.5. The monoisotopic (exact) mass is 291 g/mol. The summed E-state index contributed by atoms with van der Waals surface area (Å²) in [5.74, 6) is -0.981. The van der Waals surface area contributed by atoms with Crippen LogP contribution in [-0.4, -0.2) is 28.8 Å². The molecule has 2 atom stereocenters. The Bertz CT molecular complexity index is 426. The van der Waals surface area contributed by atoms with E-state index in [0.717, 1.165) is 0 Å². The highest BCUT2D eigenvalue weighted by molar-refractivity contribution is 6.35. The molecule has 4 nitrogen and oxygen atoms in total. The van der Waals surface area contributed by atoms with E-state index < -0.39 is 18.1 Å². The SMILES string of the molecule is CCNC(CC(=O)O)C(O)c1ccc(Cl)cc1Cl. The summed E-state index contributed by atoms with van der Waals surface area (Å²) < 4.78 is 0. The largest absolute Gasteiger partial charge is 0.481 e. The zero-order valence-corrected chi connectivity index (χ0v) is 11.4. The summed E-state index contributed by atoms with van der Waals surface area (Å²) in [6, 6.07) is 4.13. The second-order valence-electron chi connectivity index (χ2n) is 3.87. The fourth-order valence-corrected chi connectivity index (χ4v) is 2.22. The molecule has 2 unspecified atom stereocenters. The molecule has 0 saturated carbocycles. The van der Waals surface area contributed by atoms with Gasteiger partial charge in [0.25, 0.3) is 0 Å². The van der Waals surface area contributed by atoms with Crippen LogP contribution in [-0.2, 0) is 4.79 Å². The van der Waals surface area contributed by atoms with Crippen LogP contribution in [0.25, 0.3) is 0 Å². The highest BCUT2D eigenvalue weighted by Crippen LogP contribution is 2.28. The lowest BCUT2D eigenvalue weighted by Gasteiger charge is -2.23. The molecule has 1 rings (SSSR count). The van der Waals surface area contributed by atoms with E-state index >= 15 is 0 Å². The Labute approximate surface area is 116 Å². The maximum absolute atomic E-state index is 10.8. The summed E-state index contributed by atoms with van der Waals surface area (Å²) in [6.45, 7) is 2.39. The molecule has 0 saturated heterocycles. The van der Waals surface area contributed by atoms with Crippen LogP contribution in [0.2, 0.25) is 10.0 Å². The topological polar surface area (TPSA) is 69.6 Å². The number of hydrogen-bond donors (Lipinski definition) is 3. The lowest BCUT2D eigenvalue weighted by Crippen LogP contribution is -2.36. The molecular weight excluding hydrogens is 277 g/mol. The van der Waals surface area contributed by atoms with Crippen molar-refractivity contribution in [1.82, 2.24) is 5.32 Å². The van der Waals surface area contributed by atoms with Gasteiger partial charge in [0.05, 0.1) is 12.5 Å². The number of aliphatic hydroxyl groups is 1. The Kier molecular flexibility index (Phi) is 5.88. The molecule has 0 fully saturated rings. The van der Waals surface area contributed by atoms with Crippen LogP contribution in [0, 0.1) is 0 Å². The average Bonchev–Trinajstić information content (AvgIpc) is 2.27. The van der Waals surface area contributed by atoms with Gasteiger partial charge in [0, 0.05) is 21.7 Å². The van der Waals surface area contributed by atoms with E-state index in [9.17, 15) is 9.90 Å². The molecule has 18 heavy (non-hydrogen) atoms. The quantitative estimate of drug-likeness (QED) is 0.753. The van der Waals surface area contributed by atoms with Gasteiger partial charge in [0.15, 0.2) is 0 Å². The van der Waals surface area contributed by atoms with E-state index in [1.54, 1.807) is 12.1 Å². The molecular formula is C12H15Cl2NO3. The van der Waals surface area contributed by atoms with Gasteiger partial charge in [-0.05, 0) is 18.7 Å². The third kappa shape index (κ3) is 4.14. The Morgan fingerprint density at radius 3 is 2.61 bits per heavy atom. The van der Waals surface area contributed by atoms with E-state index in [4.69, 9.17) is 28.3 Å². The first-order chi connectivity index (χ1) is 8.45. The number of nitrogens with one attached hydrogen (secondary N) is 1. The second-order valence-corrected chi connectivity index (χ2v) is 4.72. The summed E-state index contributed by atoms with van der Waals surface area (Å²) in [7, 11) is 0. The Hall–Kier alpha value is -0.810. The van der Waals surface area contributed by atoms with Crippen LogP contribution in [0.15, 0.2) is 18.2 Å². The van der Waals surface area contributed by atoms with Gasteiger partial charge >= 0.3 is 5.97 Å². The number of halogens is 2. The number of carboxylic acids is 1. The smallest absolute Gasteiger partial charge is 0.305 e. The van der Waals surface area contributed by atoms with Gasteiger partial charge in [-0.3, -0.25) is 4.79 Å². The van der Waals surface area contributed by atoms with Gasteiger partial charge in [-0.15, -0.1) is 0 Å². The molecule has 0 spiro atoms. The van der Waals surface area contributed by atoms with Gasteiger partial charge in [-0.1, -0.05) is 36.2 Å². The molecule has 6 heteroatoms. The predicted octanol–water partition coefficient (Wildman–Crippen LogP) is 2.48. The number of carbonyl (C=O) groups is 1. The van der Waals surface area contributed by atoms with Crippen molar-refractivity contribution in [3.05, 3.63) is 33.8 Å². The number of aliphatic carboxylic acids is 1. The summed E-state index contributed by atoms with van der Waals surface area (Å²) in [5, 5.41) is 22.7. The molecule has 0 radical (unpaired) electrons. The minimum atomic E-state index is -0.995. The van der Waals surface area contributed by atoms with E-state index in [0.29, 0.717) is 22.2 Å². The summed E-state index contributed by atoms with van der Waals surface area (Å²) in [5.41, 5.74) is 0.466. The first-order valence-corrected chi connectivity index (χ1v) is 6.29. The number of benzene rings is 1. The van der Waals surface area contributed by atoms with Gasteiger partial charge in [-0.2, -0.15) is 0 Å². The third-order valence-electron chi connectivity index (χ3n) is 2.52. The van der Waals surface area contributed by atoms with Crippen LogP contribution in [0.5, 0.6) is 0 Å². The van der Waals surface area contributed by atoms with Crippen LogP contribution in [0.4, 0.5) is 0 Å². The first kappa shape index (κ1) is 15.2. The van der Waals surface area contributed by atoms with Crippen molar-refractivity contribution in [2.45, 2.75) is 25.5 Å². The molecule has 100 valence electrons. The van der Waals surface area contributed by atoms with Crippen molar-refractivity contribution in [3.8, 4) is 0 Å². The van der Waals surface area contributed by atoms with Crippen LogP contribution >= 0.6 is 23.2 Å². The number of likely N-dealkylation sites (N-methyl/N-ethyl adjacent to an activating group) is 1. The van der Waals surface area contributed by atoms with Crippen LogP contribution < -0.4 is 5.32 Å². The molecule has 1 aromatic carbocycles. The van der Waals surface area contributed by atoms with Gasteiger partial charge in [0.1, 0.15) is 0 Å². The lowest BCUT2D eigenvalue weighted by molar-refractivity contribution is -0.138. The van der Waals surface area contributed by atoms with Gasteiger partial charge in [0.2, 0.25) is 0 Å². The molecule has 0 heterocycles. The van der Waals surface area contributed by atoms with Crippen LogP contribution in [0.3, 0.4) is 0 Å². The average molecular weight is 292 g/mol. The van der Waals surface area contributed by atoms with Gasteiger partial charge < -0.3 is 15.5 Å². The standard InChI is InChI=1S/C12H15Cl2NO3/c1-2-15-10(6-11(16)17)12(18)8-4-3-7(13)5-9(8)14/h3-5,10,12,15,18H,2,6H2,1H3,(H,16,17). The summed E-state index contributed by atoms with van der Waals surface area (Å²) in [4.78, 5) is 10.8. The summed E-state index contributed by atoms with van der Waals surface area (Å²) in [6.07, 6.45) is -1.18. The lowest BCUT2D eigenvalue weighted by atomic mass is 9.99. The maximum Gasteiger partial charge on any atom is 0.305 e. The zero-order valence-electron chi connectivity index (χ0n) is 9.86. The van der Waals surface area contributed by atoms with Crippen molar-refractivity contribution >= 4 is 29.2 Å². The van der Waals surface area contributed by atoms with Crippen LogP contribution in [0.1, 0.15) is 25.0 Å². The third-order valence-corrected chi connectivity index (χ3v) is 3.09. The van der Waals surface area contributed by atoms with Crippen molar-refractivity contribution in [1.29, 1.82) is 0 Å². The molecule has 1 aromatic rings.